The lowest BCUT2D eigenvalue weighted by Gasteiger charge is -2.33. The zero-order valence-corrected chi connectivity index (χ0v) is 24.0. The normalized spacial score (nSPS) is 12.7. The van der Waals surface area contributed by atoms with E-state index in [1.807, 2.05) is 20.8 Å². The molecule has 0 aliphatic rings. The second kappa shape index (κ2) is 13.9. The maximum Gasteiger partial charge on any atom is 0.244 e. The molecular formula is C27H39N3O7S. The van der Waals surface area contributed by atoms with Crippen molar-refractivity contribution in [1.82, 2.24) is 10.2 Å². The van der Waals surface area contributed by atoms with Gasteiger partial charge in [0, 0.05) is 18.7 Å². The number of nitrogens with one attached hydrogen (secondary N) is 1. The van der Waals surface area contributed by atoms with Crippen molar-refractivity contribution in [3.05, 3.63) is 48.0 Å². The van der Waals surface area contributed by atoms with Gasteiger partial charge in [0.15, 0.2) is 0 Å². The summed E-state index contributed by atoms with van der Waals surface area (Å²) in [7, 11) is 0.542. The highest BCUT2D eigenvalue weighted by Gasteiger charge is 2.33. The number of anilines is 1. The van der Waals surface area contributed by atoms with E-state index in [1.54, 1.807) is 43.5 Å². The molecule has 0 saturated heterocycles. The molecule has 0 heterocycles. The van der Waals surface area contributed by atoms with Crippen molar-refractivity contribution in [2.24, 2.45) is 0 Å². The molecule has 0 aliphatic heterocycles. The molecule has 2 amide bonds. The third-order valence-corrected chi connectivity index (χ3v) is 7.36. The van der Waals surface area contributed by atoms with E-state index < -0.39 is 28.5 Å². The average molecular weight is 550 g/mol. The molecule has 0 radical (unpaired) electrons. The largest absolute Gasteiger partial charge is 0.497 e. The summed E-state index contributed by atoms with van der Waals surface area (Å²) in [5.74, 6) is 0.528. The van der Waals surface area contributed by atoms with Crippen LogP contribution >= 0.6 is 0 Å². The lowest BCUT2D eigenvalue weighted by atomic mass is 10.1. The van der Waals surface area contributed by atoms with E-state index in [1.165, 1.54) is 25.2 Å². The SMILES string of the molecule is CC[C@@H](C)NC(=O)[C@H](CC)N(Cc1ccc(OC)cc1)C(=O)CN(c1ccc(OC)cc1OC)S(C)(=O)=O. The molecule has 0 aromatic heterocycles. The average Bonchev–Trinajstić information content (AvgIpc) is 2.90. The van der Waals surface area contributed by atoms with Gasteiger partial charge >= 0.3 is 0 Å². The topological polar surface area (TPSA) is 114 Å². The van der Waals surface area contributed by atoms with E-state index in [0.717, 1.165) is 22.5 Å². The predicted molar refractivity (Wildman–Crippen MR) is 147 cm³/mol. The highest BCUT2D eigenvalue weighted by atomic mass is 32.2. The molecule has 1 N–H and O–H groups in total. The first kappa shape index (κ1) is 30.8. The fraction of sp³-hybridized carbons (Fsp3) is 0.481. The van der Waals surface area contributed by atoms with Gasteiger partial charge in [-0.25, -0.2) is 8.42 Å². The number of hydrogen-bond acceptors (Lipinski definition) is 7. The smallest absolute Gasteiger partial charge is 0.244 e. The maximum absolute atomic E-state index is 13.8. The van der Waals surface area contributed by atoms with Gasteiger partial charge in [-0.15, -0.1) is 0 Å². The van der Waals surface area contributed by atoms with Gasteiger partial charge in [-0.1, -0.05) is 26.0 Å². The molecule has 2 aromatic rings. The van der Waals surface area contributed by atoms with Gasteiger partial charge in [0.05, 0.1) is 33.3 Å². The standard InChI is InChI=1S/C27H39N3O7S/c1-8-19(3)28-27(32)23(9-2)29(17-20-10-12-21(35-4)13-11-20)26(31)18-30(38(7,33)34)24-15-14-22(36-5)16-25(24)37-6/h10-16,19,23H,8-9,17-18H2,1-7H3,(H,28,32)/t19-,23+/m1/s1. The predicted octanol–water partition coefficient (Wildman–Crippen LogP) is 3.20. The fourth-order valence-electron chi connectivity index (χ4n) is 3.87. The maximum atomic E-state index is 13.8. The van der Waals surface area contributed by atoms with Crippen LogP contribution in [0.5, 0.6) is 17.2 Å². The number of hydrogen-bond donors (Lipinski definition) is 1. The van der Waals surface area contributed by atoms with Crippen LogP contribution in [0.4, 0.5) is 5.69 Å². The first-order chi connectivity index (χ1) is 18.0. The first-order valence-corrected chi connectivity index (χ1v) is 14.3. The summed E-state index contributed by atoms with van der Waals surface area (Å²) in [6.07, 6.45) is 2.09. The summed E-state index contributed by atoms with van der Waals surface area (Å²) in [6, 6.07) is 10.9. The number of carbonyl (C=O) groups excluding carboxylic acids is 2. The van der Waals surface area contributed by atoms with Crippen molar-refractivity contribution in [2.45, 2.75) is 52.2 Å². The highest BCUT2D eigenvalue weighted by molar-refractivity contribution is 7.92. The summed E-state index contributed by atoms with van der Waals surface area (Å²) in [4.78, 5) is 28.5. The van der Waals surface area contributed by atoms with Crippen LogP contribution in [-0.4, -0.2) is 71.3 Å². The van der Waals surface area contributed by atoms with Gasteiger partial charge in [-0.3, -0.25) is 13.9 Å². The van der Waals surface area contributed by atoms with Gasteiger partial charge in [-0.05, 0) is 49.6 Å². The van der Waals surface area contributed by atoms with E-state index in [-0.39, 0.29) is 29.9 Å². The Balaban J connectivity index is 2.50. The molecule has 2 rings (SSSR count). The van der Waals surface area contributed by atoms with Crippen LogP contribution < -0.4 is 23.8 Å². The molecule has 11 heteroatoms. The summed E-state index contributed by atoms with van der Waals surface area (Å²) in [5, 5.41) is 2.95. The van der Waals surface area contributed by atoms with Gasteiger partial charge in [0.1, 0.15) is 29.8 Å². The summed E-state index contributed by atoms with van der Waals surface area (Å²) in [5.41, 5.74) is 0.951. The minimum absolute atomic E-state index is 0.0782. The van der Waals surface area contributed by atoms with Crippen molar-refractivity contribution in [1.29, 1.82) is 0 Å². The first-order valence-electron chi connectivity index (χ1n) is 12.4. The quantitative estimate of drug-likeness (QED) is 0.385. The molecule has 10 nitrogen and oxygen atoms in total. The number of carbonyl (C=O) groups is 2. The Hall–Kier alpha value is -3.47. The van der Waals surface area contributed by atoms with Crippen LogP contribution in [-0.2, 0) is 26.2 Å². The highest BCUT2D eigenvalue weighted by Crippen LogP contribution is 2.33. The number of amides is 2. The second-order valence-corrected chi connectivity index (χ2v) is 10.8. The van der Waals surface area contributed by atoms with Crippen LogP contribution in [0.1, 0.15) is 39.2 Å². The van der Waals surface area contributed by atoms with E-state index in [2.05, 4.69) is 5.32 Å². The Morgan fingerprint density at radius 2 is 1.53 bits per heavy atom. The van der Waals surface area contributed by atoms with Crippen molar-refractivity contribution in [3.63, 3.8) is 0 Å². The molecule has 0 unspecified atom stereocenters. The Morgan fingerprint density at radius 1 is 0.921 bits per heavy atom. The van der Waals surface area contributed by atoms with Crippen molar-refractivity contribution in [3.8, 4) is 17.2 Å². The number of rotatable bonds is 14. The number of nitrogens with zero attached hydrogens (tertiary/aromatic N) is 2. The number of ether oxygens (including phenoxy) is 3. The zero-order valence-electron chi connectivity index (χ0n) is 23.2. The number of methoxy groups -OCH3 is 3. The lowest BCUT2D eigenvalue weighted by molar-refractivity contribution is -0.140. The Labute approximate surface area is 225 Å². The van der Waals surface area contributed by atoms with Crippen molar-refractivity contribution in [2.75, 3.05) is 38.4 Å². The zero-order chi connectivity index (χ0) is 28.5. The summed E-state index contributed by atoms with van der Waals surface area (Å²) < 4.78 is 42.6. The molecule has 2 atom stereocenters. The van der Waals surface area contributed by atoms with Crippen LogP contribution in [0.15, 0.2) is 42.5 Å². The Bertz CT molecular complexity index is 1190. The third kappa shape index (κ3) is 8.01. The minimum Gasteiger partial charge on any atom is -0.497 e. The molecule has 210 valence electrons. The van der Waals surface area contributed by atoms with E-state index in [9.17, 15) is 18.0 Å². The van der Waals surface area contributed by atoms with E-state index in [0.29, 0.717) is 17.9 Å². The summed E-state index contributed by atoms with van der Waals surface area (Å²) in [6.45, 7) is 5.24. The molecular weight excluding hydrogens is 510 g/mol. The van der Waals surface area contributed by atoms with Crippen molar-refractivity contribution >= 4 is 27.5 Å². The Morgan fingerprint density at radius 3 is 2.03 bits per heavy atom. The van der Waals surface area contributed by atoms with E-state index >= 15 is 0 Å². The third-order valence-electron chi connectivity index (χ3n) is 6.23. The monoisotopic (exact) mass is 549 g/mol. The molecule has 0 aliphatic carbocycles. The second-order valence-electron chi connectivity index (χ2n) is 8.92. The fourth-order valence-corrected chi connectivity index (χ4v) is 4.73. The van der Waals surface area contributed by atoms with Gasteiger partial charge < -0.3 is 24.4 Å². The molecule has 0 fully saturated rings. The Kier molecular flexibility index (Phi) is 11.2. The van der Waals surface area contributed by atoms with Crippen LogP contribution in [0.3, 0.4) is 0 Å². The van der Waals surface area contributed by atoms with Crippen LogP contribution in [0, 0.1) is 0 Å². The lowest BCUT2D eigenvalue weighted by Crippen LogP contribution is -2.53. The van der Waals surface area contributed by atoms with Crippen LogP contribution in [0.25, 0.3) is 0 Å². The molecule has 0 saturated carbocycles. The molecule has 2 aromatic carbocycles. The van der Waals surface area contributed by atoms with E-state index in [4.69, 9.17) is 14.2 Å². The van der Waals surface area contributed by atoms with Crippen LogP contribution in [0.2, 0.25) is 0 Å². The molecule has 38 heavy (non-hydrogen) atoms. The van der Waals surface area contributed by atoms with Gasteiger partial charge in [0.25, 0.3) is 0 Å². The number of sulfonamides is 1. The molecule has 0 spiro atoms. The number of benzene rings is 2. The molecule has 0 bridgehead atoms. The van der Waals surface area contributed by atoms with Crippen molar-refractivity contribution < 1.29 is 32.2 Å². The summed E-state index contributed by atoms with van der Waals surface area (Å²) >= 11 is 0. The van der Waals surface area contributed by atoms with Gasteiger partial charge in [-0.2, -0.15) is 0 Å². The minimum atomic E-state index is -3.91. The van der Waals surface area contributed by atoms with Gasteiger partial charge in [0.2, 0.25) is 21.8 Å².